The third-order valence-corrected chi connectivity index (χ3v) is 2.05. The van der Waals surface area contributed by atoms with Gasteiger partial charge in [-0.05, 0) is 6.08 Å². The van der Waals surface area contributed by atoms with Crippen molar-refractivity contribution in [2.45, 2.75) is 0 Å². The van der Waals surface area contributed by atoms with Gasteiger partial charge >= 0.3 is 0 Å². The predicted molar refractivity (Wildman–Crippen MR) is 55.6 cm³/mol. The molecule has 0 fully saturated rings. The molecule has 0 aromatic rings. The lowest BCUT2D eigenvalue weighted by Gasteiger charge is -2.14. The fraction of sp³-hybridized carbons (Fsp3) is 0.333. The Balaban J connectivity index is 2.96. The number of hydrogen-bond donors (Lipinski definition) is 1. The van der Waals surface area contributed by atoms with Crippen LogP contribution in [0, 0.1) is 0 Å². The zero-order chi connectivity index (χ0) is 10.0. The smallest absolute Gasteiger partial charge is 0.124 e. The van der Waals surface area contributed by atoms with Crippen molar-refractivity contribution in [3.05, 3.63) is 35.7 Å². The minimum absolute atomic E-state index is 0.625. The zero-order valence-corrected chi connectivity index (χ0v) is 8.12. The first-order chi connectivity index (χ1) is 6.06. The maximum absolute atomic E-state index is 5.85. The summed E-state index contributed by atoms with van der Waals surface area (Å²) in [4.78, 5) is 3.99. The molecule has 1 rings (SSSR count). The number of likely N-dealkylation sites (N-methyl/N-ethyl adjacent to an activating group) is 1. The third-order valence-electron chi connectivity index (χ3n) is 2.05. The van der Waals surface area contributed by atoms with Gasteiger partial charge in [0, 0.05) is 14.1 Å². The molecule has 0 spiro atoms. The standard InChI is InChI=1S/C9H14BN3/c1-4-7(10)5-8-9(11)13(3)6-12(8)2/h4-5H,1,6,11H2,2-3H3/b7-5+. The molecule has 0 saturated carbocycles. The summed E-state index contributed by atoms with van der Waals surface area (Å²) < 4.78 is 0. The second kappa shape index (κ2) is 3.60. The van der Waals surface area contributed by atoms with E-state index in [1.54, 1.807) is 6.08 Å². The first-order valence-electron chi connectivity index (χ1n) is 4.08. The molecule has 68 valence electrons. The van der Waals surface area contributed by atoms with Crippen LogP contribution in [0.4, 0.5) is 0 Å². The number of allylic oxidation sites excluding steroid dienone is 3. The van der Waals surface area contributed by atoms with Crippen LogP contribution in [0.15, 0.2) is 35.7 Å². The first kappa shape index (κ1) is 9.77. The van der Waals surface area contributed by atoms with Gasteiger partial charge in [-0.15, -0.1) is 0 Å². The molecular weight excluding hydrogens is 161 g/mol. The van der Waals surface area contributed by atoms with Gasteiger partial charge < -0.3 is 15.5 Å². The predicted octanol–water partition coefficient (Wildman–Crippen LogP) is 0.187. The Morgan fingerprint density at radius 3 is 2.54 bits per heavy atom. The molecule has 13 heavy (non-hydrogen) atoms. The van der Waals surface area contributed by atoms with Gasteiger partial charge in [-0.2, -0.15) is 0 Å². The minimum Gasteiger partial charge on any atom is -0.384 e. The summed E-state index contributed by atoms with van der Waals surface area (Å²) in [6, 6.07) is 0. The highest BCUT2D eigenvalue weighted by Crippen LogP contribution is 2.18. The van der Waals surface area contributed by atoms with Gasteiger partial charge in [-0.3, -0.25) is 0 Å². The van der Waals surface area contributed by atoms with E-state index in [0.717, 1.165) is 18.2 Å². The number of rotatable bonds is 2. The second-order valence-corrected chi connectivity index (χ2v) is 3.16. The van der Waals surface area contributed by atoms with Crippen molar-refractivity contribution < 1.29 is 0 Å². The normalized spacial score (nSPS) is 18.5. The summed E-state index contributed by atoms with van der Waals surface area (Å²) in [5.41, 5.74) is 7.41. The molecule has 0 bridgehead atoms. The maximum Gasteiger partial charge on any atom is 0.124 e. The molecular formula is C9H14BN3. The molecule has 2 N–H and O–H groups in total. The fourth-order valence-electron chi connectivity index (χ4n) is 1.26. The molecule has 2 radical (unpaired) electrons. The highest BCUT2D eigenvalue weighted by molar-refractivity contribution is 6.23. The molecule has 0 aliphatic carbocycles. The molecule has 0 aromatic heterocycles. The van der Waals surface area contributed by atoms with Crippen LogP contribution >= 0.6 is 0 Å². The molecule has 0 aromatic carbocycles. The van der Waals surface area contributed by atoms with Crippen LogP contribution in [0.1, 0.15) is 0 Å². The van der Waals surface area contributed by atoms with Crippen molar-refractivity contribution in [2.24, 2.45) is 5.73 Å². The first-order valence-corrected chi connectivity index (χ1v) is 4.08. The van der Waals surface area contributed by atoms with Crippen LogP contribution < -0.4 is 5.73 Å². The summed E-state index contributed by atoms with van der Waals surface area (Å²) in [7, 11) is 9.54. The lowest BCUT2D eigenvalue weighted by molar-refractivity contribution is 0.319. The van der Waals surface area contributed by atoms with E-state index in [-0.39, 0.29) is 0 Å². The Hall–Kier alpha value is -1.32. The molecule has 0 amide bonds. The van der Waals surface area contributed by atoms with E-state index in [1.165, 1.54) is 0 Å². The van der Waals surface area contributed by atoms with Gasteiger partial charge in [0.2, 0.25) is 0 Å². The summed E-state index contributed by atoms with van der Waals surface area (Å²) >= 11 is 0. The molecule has 1 aliphatic rings. The van der Waals surface area contributed by atoms with E-state index >= 15 is 0 Å². The van der Waals surface area contributed by atoms with E-state index in [9.17, 15) is 0 Å². The topological polar surface area (TPSA) is 32.5 Å². The van der Waals surface area contributed by atoms with Crippen LogP contribution in [-0.2, 0) is 0 Å². The number of hydrogen-bond acceptors (Lipinski definition) is 3. The van der Waals surface area contributed by atoms with Crippen molar-refractivity contribution >= 4 is 7.85 Å². The van der Waals surface area contributed by atoms with Crippen molar-refractivity contribution in [1.82, 2.24) is 9.80 Å². The quantitative estimate of drug-likeness (QED) is 0.480. The van der Waals surface area contributed by atoms with Gasteiger partial charge in [0.15, 0.2) is 0 Å². The monoisotopic (exact) mass is 175 g/mol. The fourth-order valence-corrected chi connectivity index (χ4v) is 1.26. The molecule has 1 heterocycles. The average molecular weight is 175 g/mol. The molecule has 0 atom stereocenters. The largest absolute Gasteiger partial charge is 0.384 e. The van der Waals surface area contributed by atoms with E-state index in [1.807, 2.05) is 30.0 Å². The average Bonchev–Trinajstić information content (AvgIpc) is 2.32. The second-order valence-electron chi connectivity index (χ2n) is 3.16. The van der Waals surface area contributed by atoms with Crippen molar-refractivity contribution in [3.63, 3.8) is 0 Å². The highest BCUT2D eigenvalue weighted by Gasteiger charge is 2.19. The van der Waals surface area contributed by atoms with Crippen molar-refractivity contribution in [2.75, 3.05) is 20.8 Å². The zero-order valence-electron chi connectivity index (χ0n) is 8.12. The SMILES string of the molecule is [B]/C(C=C)=C/C1=C(N)N(C)CN1C. The Bertz CT molecular complexity index is 281. The van der Waals surface area contributed by atoms with Gasteiger partial charge in [-0.1, -0.05) is 18.1 Å². The lowest BCUT2D eigenvalue weighted by atomic mass is 9.95. The van der Waals surface area contributed by atoms with Crippen LogP contribution in [0.2, 0.25) is 0 Å². The summed E-state index contributed by atoms with van der Waals surface area (Å²) in [6.07, 6.45) is 3.43. The summed E-state index contributed by atoms with van der Waals surface area (Å²) in [6.45, 7) is 4.38. The Morgan fingerprint density at radius 1 is 1.54 bits per heavy atom. The van der Waals surface area contributed by atoms with Gasteiger partial charge in [0.25, 0.3) is 0 Å². The molecule has 0 unspecified atom stereocenters. The molecule has 0 saturated heterocycles. The number of nitrogens with two attached hydrogens (primary N) is 1. The van der Waals surface area contributed by atoms with Crippen LogP contribution in [0.3, 0.4) is 0 Å². The van der Waals surface area contributed by atoms with Crippen LogP contribution in [0.5, 0.6) is 0 Å². The van der Waals surface area contributed by atoms with E-state index in [2.05, 4.69) is 6.58 Å². The van der Waals surface area contributed by atoms with Gasteiger partial charge in [-0.25, -0.2) is 0 Å². The lowest BCUT2D eigenvalue weighted by Crippen LogP contribution is -2.23. The number of nitrogens with zero attached hydrogens (tertiary/aromatic N) is 2. The highest BCUT2D eigenvalue weighted by atomic mass is 15.4. The Morgan fingerprint density at radius 2 is 2.15 bits per heavy atom. The van der Waals surface area contributed by atoms with Crippen LogP contribution in [-0.4, -0.2) is 38.4 Å². The van der Waals surface area contributed by atoms with E-state index in [0.29, 0.717) is 5.47 Å². The summed E-state index contributed by atoms with van der Waals surface area (Å²) in [5.74, 6) is 0.743. The van der Waals surface area contributed by atoms with Gasteiger partial charge in [0.1, 0.15) is 13.7 Å². The van der Waals surface area contributed by atoms with Crippen molar-refractivity contribution in [3.8, 4) is 0 Å². The minimum atomic E-state index is 0.625. The Labute approximate surface area is 80.6 Å². The summed E-state index contributed by atoms with van der Waals surface area (Å²) in [5, 5.41) is 0. The van der Waals surface area contributed by atoms with Gasteiger partial charge in [0.05, 0.1) is 12.4 Å². The molecule has 4 heteroatoms. The maximum atomic E-state index is 5.85. The van der Waals surface area contributed by atoms with Crippen LogP contribution in [0.25, 0.3) is 0 Å². The third kappa shape index (κ3) is 1.88. The molecule has 1 aliphatic heterocycles. The van der Waals surface area contributed by atoms with E-state index in [4.69, 9.17) is 13.6 Å². The van der Waals surface area contributed by atoms with E-state index < -0.39 is 0 Å². The van der Waals surface area contributed by atoms with Crippen molar-refractivity contribution in [1.29, 1.82) is 0 Å². The molecule has 3 nitrogen and oxygen atoms in total. The Kier molecular flexibility index (Phi) is 2.71.